The van der Waals surface area contributed by atoms with E-state index in [1.807, 2.05) is 18.1 Å². The fourth-order valence-electron chi connectivity index (χ4n) is 3.72. The summed E-state index contributed by atoms with van der Waals surface area (Å²) in [4.78, 5) is 6.74. The highest BCUT2D eigenvalue weighted by molar-refractivity contribution is 7.89. The molecule has 2 aliphatic rings. The van der Waals surface area contributed by atoms with Crippen molar-refractivity contribution in [2.75, 3.05) is 37.7 Å². The van der Waals surface area contributed by atoms with Gasteiger partial charge in [0, 0.05) is 44.6 Å². The third kappa shape index (κ3) is 3.71. The summed E-state index contributed by atoms with van der Waals surface area (Å²) in [5.74, 6) is 0.514. The number of hydrogen-bond acceptors (Lipinski definition) is 6. The highest BCUT2D eigenvalue weighted by Gasteiger charge is 2.32. The average molecular weight is 391 g/mol. The van der Waals surface area contributed by atoms with Gasteiger partial charge in [0.15, 0.2) is 0 Å². The van der Waals surface area contributed by atoms with Crippen molar-refractivity contribution < 1.29 is 13.2 Å². The Morgan fingerprint density at radius 3 is 2.74 bits per heavy atom. The number of hydrogen-bond donors (Lipinski definition) is 0. The van der Waals surface area contributed by atoms with Crippen molar-refractivity contribution >= 4 is 15.8 Å². The molecular formula is C18H25N5O3S. The minimum Gasteiger partial charge on any atom is -0.370 e. The lowest BCUT2D eigenvalue weighted by Crippen LogP contribution is -2.41. The van der Waals surface area contributed by atoms with Gasteiger partial charge in [-0.15, -0.1) is 0 Å². The SMILES string of the molecule is Cn1cc([C@@H]2CN(c3ncccc3S(=O)(=O)N3CCCCC3)CCO2)cn1. The Morgan fingerprint density at radius 1 is 1.19 bits per heavy atom. The molecule has 8 nitrogen and oxygen atoms in total. The summed E-state index contributed by atoms with van der Waals surface area (Å²) in [5, 5.41) is 4.21. The molecular weight excluding hydrogens is 366 g/mol. The molecule has 0 saturated carbocycles. The van der Waals surface area contributed by atoms with Crippen molar-refractivity contribution in [2.45, 2.75) is 30.3 Å². The summed E-state index contributed by atoms with van der Waals surface area (Å²) in [6, 6.07) is 3.36. The summed E-state index contributed by atoms with van der Waals surface area (Å²) in [7, 11) is -1.68. The number of ether oxygens (including phenoxy) is 1. The van der Waals surface area contributed by atoms with Gasteiger partial charge in [-0.1, -0.05) is 6.42 Å². The van der Waals surface area contributed by atoms with Crippen molar-refractivity contribution in [3.63, 3.8) is 0 Å². The van der Waals surface area contributed by atoms with Crippen LogP contribution in [0.5, 0.6) is 0 Å². The molecule has 0 spiro atoms. The fraction of sp³-hybridized carbons (Fsp3) is 0.556. The van der Waals surface area contributed by atoms with Crippen LogP contribution in [-0.4, -0.2) is 60.3 Å². The fourth-order valence-corrected chi connectivity index (χ4v) is 5.40. The number of sulfonamides is 1. The van der Waals surface area contributed by atoms with Gasteiger partial charge >= 0.3 is 0 Å². The normalized spacial score (nSPS) is 22.1. The van der Waals surface area contributed by atoms with Crippen LogP contribution in [0.4, 0.5) is 5.82 Å². The minimum absolute atomic E-state index is 0.153. The topological polar surface area (TPSA) is 80.6 Å². The highest BCUT2D eigenvalue weighted by Crippen LogP contribution is 2.31. The van der Waals surface area contributed by atoms with Crippen LogP contribution in [0.25, 0.3) is 0 Å². The molecule has 2 aromatic rings. The van der Waals surface area contributed by atoms with Gasteiger partial charge in [0.1, 0.15) is 16.8 Å². The molecule has 2 aromatic heterocycles. The lowest BCUT2D eigenvalue weighted by atomic mass is 10.1. The van der Waals surface area contributed by atoms with Crippen LogP contribution in [0.1, 0.15) is 30.9 Å². The molecule has 4 rings (SSSR count). The summed E-state index contributed by atoms with van der Waals surface area (Å²) in [6.45, 7) is 2.83. The Labute approximate surface area is 159 Å². The summed E-state index contributed by atoms with van der Waals surface area (Å²) in [5.41, 5.74) is 0.985. The van der Waals surface area contributed by atoms with Crippen molar-refractivity contribution in [2.24, 2.45) is 7.05 Å². The number of rotatable bonds is 4. The van der Waals surface area contributed by atoms with Crippen molar-refractivity contribution in [3.8, 4) is 0 Å². The van der Waals surface area contributed by atoms with Gasteiger partial charge in [0.2, 0.25) is 10.0 Å². The van der Waals surface area contributed by atoms with Gasteiger partial charge in [0.05, 0.1) is 19.3 Å². The molecule has 1 atom stereocenters. The molecule has 0 unspecified atom stereocenters. The first-order valence-corrected chi connectivity index (χ1v) is 10.8. The van der Waals surface area contributed by atoms with Crippen LogP contribution in [0, 0.1) is 0 Å². The molecule has 0 bridgehead atoms. The van der Waals surface area contributed by atoms with Gasteiger partial charge < -0.3 is 9.64 Å². The first kappa shape index (κ1) is 18.4. The largest absolute Gasteiger partial charge is 0.370 e. The van der Waals surface area contributed by atoms with Crippen molar-refractivity contribution in [1.82, 2.24) is 19.1 Å². The van der Waals surface area contributed by atoms with E-state index in [1.54, 1.807) is 33.5 Å². The van der Waals surface area contributed by atoms with E-state index in [0.717, 1.165) is 24.8 Å². The third-order valence-electron chi connectivity index (χ3n) is 5.15. The maximum atomic E-state index is 13.2. The maximum absolute atomic E-state index is 13.2. The lowest BCUT2D eigenvalue weighted by Gasteiger charge is -2.35. The van der Waals surface area contributed by atoms with Crippen LogP contribution >= 0.6 is 0 Å². The molecule has 9 heteroatoms. The molecule has 0 aromatic carbocycles. The molecule has 0 amide bonds. The van der Waals surface area contributed by atoms with Gasteiger partial charge in [-0.25, -0.2) is 13.4 Å². The van der Waals surface area contributed by atoms with Crippen molar-refractivity contribution in [1.29, 1.82) is 0 Å². The maximum Gasteiger partial charge on any atom is 0.246 e. The zero-order valence-corrected chi connectivity index (χ0v) is 16.3. The lowest BCUT2D eigenvalue weighted by molar-refractivity contribution is 0.0393. The number of aromatic nitrogens is 3. The Hall–Kier alpha value is -1.97. The predicted molar refractivity (Wildman–Crippen MR) is 101 cm³/mol. The quantitative estimate of drug-likeness (QED) is 0.787. The first-order valence-electron chi connectivity index (χ1n) is 9.36. The molecule has 2 saturated heterocycles. The van der Waals surface area contributed by atoms with Crippen LogP contribution in [0.3, 0.4) is 0 Å². The number of aryl methyl sites for hydroxylation is 1. The van der Waals surface area contributed by atoms with E-state index in [-0.39, 0.29) is 6.10 Å². The van der Waals surface area contributed by atoms with Gasteiger partial charge in [0.25, 0.3) is 0 Å². The van der Waals surface area contributed by atoms with Crippen LogP contribution in [-0.2, 0) is 21.8 Å². The second-order valence-corrected chi connectivity index (χ2v) is 8.95. The number of nitrogens with zero attached hydrogens (tertiary/aromatic N) is 5. The van der Waals surface area contributed by atoms with Crippen molar-refractivity contribution in [3.05, 3.63) is 36.3 Å². The van der Waals surface area contributed by atoms with E-state index in [4.69, 9.17) is 4.74 Å². The van der Waals surface area contributed by atoms with E-state index in [9.17, 15) is 8.42 Å². The minimum atomic E-state index is -3.55. The van der Waals surface area contributed by atoms with Gasteiger partial charge in [-0.2, -0.15) is 9.40 Å². The van der Waals surface area contributed by atoms with Crippen LogP contribution in [0.15, 0.2) is 35.6 Å². The molecule has 0 radical (unpaired) electrons. The van der Waals surface area contributed by atoms with Crippen LogP contribution in [0.2, 0.25) is 0 Å². The summed E-state index contributed by atoms with van der Waals surface area (Å²) >= 11 is 0. The first-order chi connectivity index (χ1) is 13.1. The second-order valence-electron chi connectivity index (χ2n) is 7.04. The van der Waals surface area contributed by atoms with E-state index < -0.39 is 10.0 Å². The van der Waals surface area contributed by atoms with Gasteiger partial charge in [-0.3, -0.25) is 4.68 Å². The van der Waals surface area contributed by atoms with Gasteiger partial charge in [-0.05, 0) is 25.0 Å². The second kappa shape index (κ2) is 7.57. The van der Waals surface area contributed by atoms with E-state index in [1.165, 1.54) is 0 Å². The highest BCUT2D eigenvalue weighted by atomic mass is 32.2. The Bertz CT molecular complexity index is 892. The molecule has 2 aliphatic heterocycles. The Balaban J connectivity index is 1.62. The molecule has 0 aliphatic carbocycles. The monoisotopic (exact) mass is 391 g/mol. The van der Waals surface area contributed by atoms with E-state index in [0.29, 0.717) is 43.5 Å². The molecule has 0 N–H and O–H groups in total. The molecule has 4 heterocycles. The zero-order valence-electron chi connectivity index (χ0n) is 15.5. The van der Waals surface area contributed by atoms with Crippen LogP contribution < -0.4 is 4.90 Å². The number of morpholine rings is 1. The third-order valence-corrected chi connectivity index (χ3v) is 7.07. The summed E-state index contributed by atoms with van der Waals surface area (Å²) < 4.78 is 35.7. The smallest absolute Gasteiger partial charge is 0.246 e. The Kier molecular flexibility index (Phi) is 5.16. The Morgan fingerprint density at radius 2 is 2.00 bits per heavy atom. The average Bonchev–Trinajstić information content (AvgIpc) is 3.15. The molecule has 146 valence electrons. The molecule has 2 fully saturated rings. The zero-order chi connectivity index (χ0) is 18.9. The number of pyridine rings is 1. The van der Waals surface area contributed by atoms with E-state index >= 15 is 0 Å². The van der Waals surface area contributed by atoms with E-state index in [2.05, 4.69) is 10.1 Å². The number of piperidine rings is 1. The molecule has 27 heavy (non-hydrogen) atoms. The predicted octanol–water partition coefficient (Wildman–Crippen LogP) is 1.57. The summed E-state index contributed by atoms with van der Waals surface area (Å²) in [6.07, 6.45) is 8.13. The standard InChI is InChI=1S/C18H25N5O3S/c1-21-13-15(12-20-21)16-14-22(10-11-26-16)18-17(6-5-7-19-18)27(24,25)23-8-3-2-4-9-23/h5-7,12-13,16H,2-4,8-11,14H2,1H3/t16-/m0/s1. The number of anilines is 1.